The molecule has 0 bridgehead atoms. The van der Waals surface area contributed by atoms with E-state index in [1.54, 1.807) is 0 Å². The van der Waals surface area contributed by atoms with Crippen molar-refractivity contribution >= 4 is 16.9 Å². The van der Waals surface area contributed by atoms with Gasteiger partial charge in [0.25, 0.3) is 0 Å². The van der Waals surface area contributed by atoms with Gasteiger partial charge in [0.2, 0.25) is 0 Å². The van der Waals surface area contributed by atoms with E-state index in [0.29, 0.717) is 0 Å². The number of aliphatic imine (C=N–C) groups is 1. The number of hydrogen-bond acceptors (Lipinski definition) is 4. The van der Waals surface area contributed by atoms with Crippen LogP contribution in [-0.4, -0.2) is 33.8 Å². The monoisotopic (exact) mass is 266 g/mol. The van der Waals surface area contributed by atoms with Gasteiger partial charge in [0.05, 0.1) is 5.69 Å². The van der Waals surface area contributed by atoms with Crippen molar-refractivity contribution in [3.05, 3.63) is 17.5 Å². The number of aryl methyl sites for hydroxylation is 3. The van der Waals surface area contributed by atoms with Crippen LogP contribution in [0.1, 0.15) is 24.7 Å². The highest BCUT2D eigenvalue weighted by Gasteiger charge is 2.11. The van der Waals surface area contributed by atoms with Crippen molar-refractivity contribution in [1.82, 2.24) is 15.1 Å². The summed E-state index contributed by atoms with van der Waals surface area (Å²) in [6.45, 7) is 9.30. The third kappa shape index (κ3) is 3.77. The molecule has 0 aliphatic carbocycles. The van der Waals surface area contributed by atoms with Crippen LogP contribution >= 0.6 is 11.8 Å². The molecule has 0 aromatic carbocycles. The molecule has 1 aromatic heterocycles. The number of rotatable bonds is 4. The summed E-state index contributed by atoms with van der Waals surface area (Å²) in [7, 11) is 0. The molecule has 5 heteroatoms. The highest BCUT2D eigenvalue weighted by Crippen LogP contribution is 2.15. The fraction of sp³-hybridized carbons (Fsp3) is 0.692. The molecule has 1 aliphatic rings. The van der Waals surface area contributed by atoms with Crippen LogP contribution in [-0.2, 0) is 6.54 Å². The van der Waals surface area contributed by atoms with E-state index in [4.69, 9.17) is 0 Å². The fourth-order valence-electron chi connectivity index (χ4n) is 1.99. The normalized spacial score (nSPS) is 19.7. The molecule has 0 radical (unpaired) electrons. The second kappa shape index (κ2) is 6.27. The van der Waals surface area contributed by atoms with Gasteiger partial charge in [-0.25, -0.2) is 0 Å². The Balaban J connectivity index is 1.69. The zero-order chi connectivity index (χ0) is 13.0. The standard InChI is InChI=1S/C13H22N4S/c1-10-8-15-13(18-9-10)14-5-4-6-17-12(3)7-11(2)16-17/h7,10H,4-6,8-9H2,1-3H3,(H,14,15). The summed E-state index contributed by atoms with van der Waals surface area (Å²) in [4.78, 5) is 4.52. The number of hydrogen-bond donors (Lipinski definition) is 1. The van der Waals surface area contributed by atoms with Crippen molar-refractivity contribution in [3.63, 3.8) is 0 Å². The van der Waals surface area contributed by atoms with E-state index in [9.17, 15) is 0 Å². The summed E-state index contributed by atoms with van der Waals surface area (Å²) in [6, 6.07) is 2.12. The van der Waals surface area contributed by atoms with Crippen LogP contribution in [0, 0.1) is 19.8 Å². The molecule has 4 nitrogen and oxygen atoms in total. The van der Waals surface area contributed by atoms with Crippen LogP contribution in [0.4, 0.5) is 0 Å². The van der Waals surface area contributed by atoms with Crippen molar-refractivity contribution in [2.75, 3.05) is 18.8 Å². The lowest BCUT2D eigenvalue weighted by Gasteiger charge is -2.17. The highest BCUT2D eigenvalue weighted by molar-refractivity contribution is 8.13. The average Bonchev–Trinajstić information content (AvgIpc) is 2.66. The van der Waals surface area contributed by atoms with Gasteiger partial charge in [-0.15, -0.1) is 0 Å². The predicted octanol–water partition coefficient (Wildman–Crippen LogP) is 2.22. The van der Waals surface area contributed by atoms with Crippen molar-refractivity contribution in [2.24, 2.45) is 10.9 Å². The Morgan fingerprint density at radius 3 is 2.94 bits per heavy atom. The summed E-state index contributed by atoms with van der Waals surface area (Å²) in [5.41, 5.74) is 2.34. The van der Waals surface area contributed by atoms with Gasteiger partial charge in [-0.05, 0) is 32.3 Å². The summed E-state index contributed by atoms with van der Waals surface area (Å²) >= 11 is 1.84. The lowest BCUT2D eigenvalue weighted by Crippen LogP contribution is -2.27. The minimum Gasteiger partial charge on any atom is -0.365 e. The third-order valence-electron chi connectivity index (χ3n) is 2.98. The SMILES string of the molecule is Cc1cc(C)n(CCCNC2=NCC(C)CS2)n1. The largest absolute Gasteiger partial charge is 0.365 e. The van der Waals surface area contributed by atoms with Crippen LogP contribution in [0.5, 0.6) is 0 Å². The van der Waals surface area contributed by atoms with Crippen molar-refractivity contribution < 1.29 is 0 Å². The Hall–Kier alpha value is -0.970. The number of aromatic nitrogens is 2. The number of thioether (sulfide) groups is 1. The maximum absolute atomic E-state index is 4.52. The summed E-state index contributed by atoms with van der Waals surface area (Å²) in [5.74, 6) is 1.90. The minimum atomic E-state index is 0.718. The molecule has 100 valence electrons. The first-order valence-corrected chi connectivity index (χ1v) is 7.56. The maximum atomic E-state index is 4.52. The van der Waals surface area contributed by atoms with Crippen LogP contribution in [0.2, 0.25) is 0 Å². The van der Waals surface area contributed by atoms with E-state index >= 15 is 0 Å². The molecule has 18 heavy (non-hydrogen) atoms. The van der Waals surface area contributed by atoms with Crippen molar-refractivity contribution in [1.29, 1.82) is 0 Å². The zero-order valence-electron chi connectivity index (χ0n) is 11.4. The van der Waals surface area contributed by atoms with E-state index in [1.807, 2.05) is 18.7 Å². The van der Waals surface area contributed by atoms with Gasteiger partial charge in [-0.1, -0.05) is 18.7 Å². The van der Waals surface area contributed by atoms with Crippen LogP contribution < -0.4 is 5.32 Å². The number of amidine groups is 1. The second-order valence-electron chi connectivity index (χ2n) is 4.99. The molecule has 2 rings (SSSR count). The molecule has 1 N–H and O–H groups in total. The van der Waals surface area contributed by atoms with E-state index < -0.39 is 0 Å². The average molecular weight is 266 g/mol. The first kappa shape index (κ1) is 13.5. The molecule has 1 aromatic rings. The van der Waals surface area contributed by atoms with Gasteiger partial charge < -0.3 is 5.32 Å². The molecule has 1 unspecified atom stereocenters. The quantitative estimate of drug-likeness (QED) is 0.850. The summed E-state index contributed by atoms with van der Waals surface area (Å²) in [6.07, 6.45) is 1.08. The molecule has 0 saturated heterocycles. The minimum absolute atomic E-state index is 0.718. The molecule has 0 spiro atoms. The van der Waals surface area contributed by atoms with Gasteiger partial charge in [-0.2, -0.15) is 5.10 Å². The highest BCUT2D eigenvalue weighted by atomic mass is 32.2. The lowest BCUT2D eigenvalue weighted by atomic mass is 10.2. The fourth-order valence-corrected chi connectivity index (χ4v) is 2.91. The van der Waals surface area contributed by atoms with Gasteiger partial charge >= 0.3 is 0 Å². The first-order valence-electron chi connectivity index (χ1n) is 6.57. The molecule has 1 atom stereocenters. The molecular weight excluding hydrogens is 244 g/mol. The van der Waals surface area contributed by atoms with Crippen LogP contribution in [0.25, 0.3) is 0 Å². The lowest BCUT2D eigenvalue weighted by molar-refractivity contribution is 0.557. The molecular formula is C13H22N4S. The zero-order valence-corrected chi connectivity index (χ0v) is 12.3. The first-order chi connectivity index (χ1) is 8.65. The Labute approximate surface area is 113 Å². The van der Waals surface area contributed by atoms with Gasteiger partial charge in [0.1, 0.15) is 0 Å². The number of nitrogens with one attached hydrogen (secondary N) is 1. The summed E-state index contributed by atoms with van der Waals surface area (Å²) in [5, 5.41) is 8.98. The van der Waals surface area contributed by atoms with E-state index in [0.717, 1.165) is 42.8 Å². The Kier molecular flexibility index (Phi) is 4.69. The second-order valence-corrected chi connectivity index (χ2v) is 6.00. The van der Waals surface area contributed by atoms with Crippen molar-refractivity contribution in [2.45, 2.75) is 33.7 Å². The van der Waals surface area contributed by atoms with Gasteiger partial charge in [0.15, 0.2) is 5.17 Å². The molecule has 1 aliphatic heterocycles. The maximum Gasteiger partial charge on any atom is 0.156 e. The Bertz CT molecular complexity index is 425. The van der Waals surface area contributed by atoms with E-state index in [2.05, 4.69) is 40.0 Å². The van der Waals surface area contributed by atoms with Crippen LogP contribution in [0.3, 0.4) is 0 Å². The van der Waals surface area contributed by atoms with Gasteiger partial charge in [-0.3, -0.25) is 9.67 Å². The van der Waals surface area contributed by atoms with E-state index in [-0.39, 0.29) is 0 Å². The Morgan fingerprint density at radius 2 is 2.33 bits per heavy atom. The predicted molar refractivity (Wildman–Crippen MR) is 78.2 cm³/mol. The van der Waals surface area contributed by atoms with Gasteiger partial charge in [0, 0.05) is 31.1 Å². The van der Waals surface area contributed by atoms with Crippen molar-refractivity contribution in [3.8, 4) is 0 Å². The summed E-state index contributed by atoms with van der Waals surface area (Å²) < 4.78 is 2.08. The topological polar surface area (TPSA) is 42.2 Å². The third-order valence-corrected chi connectivity index (χ3v) is 4.26. The van der Waals surface area contributed by atoms with Crippen LogP contribution in [0.15, 0.2) is 11.1 Å². The van der Waals surface area contributed by atoms with E-state index in [1.165, 1.54) is 11.4 Å². The smallest absolute Gasteiger partial charge is 0.156 e. The molecule has 0 fully saturated rings. The molecule has 2 heterocycles. The Morgan fingerprint density at radius 1 is 1.50 bits per heavy atom. The molecule has 0 saturated carbocycles. The number of nitrogens with zero attached hydrogens (tertiary/aromatic N) is 3. The molecule has 0 amide bonds.